The molecule has 7 heteroatoms. The van der Waals surface area contributed by atoms with E-state index in [0.717, 1.165) is 26.2 Å². The molecule has 0 amide bonds. The van der Waals surface area contributed by atoms with E-state index in [4.69, 9.17) is 4.74 Å². The van der Waals surface area contributed by atoms with Crippen molar-refractivity contribution in [3.05, 3.63) is 0 Å². The highest BCUT2D eigenvalue weighted by Crippen LogP contribution is 2.17. The molecule has 2 heterocycles. The van der Waals surface area contributed by atoms with Gasteiger partial charge in [-0.1, -0.05) is 0 Å². The van der Waals surface area contributed by atoms with E-state index in [9.17, 15) is 13.2 Å². The second-order valence-corrected chi connectivity index (χ2v) is 4.89. The third-order valence-corrected chi connectivity index (χ3v) is 3.33. The number of ether oxygens (including phenoxy) is 1. The molecule has 2 aliphatic heterocycles. The maximum Gasteiger partial charge on any atom is 0.401 e. The van der Waals surface area contributed by atoms with Gasteiger partial charge in [0.1, 0.15) is 0 Å². The Morgan fingerprint density at radius 3 is 2.33 bits per heavy atom. The van der Waals surface area contributed by atoms with Gasteiger partial charge in [-0.05, 0) is 0 Å². The molecule has 1 atom stereocenters. The fourth-order valence-corrected chi connectivity index (χ4v) is 2.41. The lowest BCUT2D eigenvalue weighted by Crippen LogP contribution is -2.53. The minimum Gasteiger partial charge on any atom is -0.374 e. The Labute approximate surface area is 105 Å². The van der Waals surface area contributed by atoms with Crippen LogP contribution in [-0.4, -0.2) is 81.0 Å². The number of hydrogen-bond donors (Lipinski definition) is 1. The van der Waals surface area contributed by atoms with Gasteiger partial charge in [-0.2, -0.15) is 13.2 Å². The van der Waals surface area contributed by atoms with E-state index >= 15 is 0 Å². The Hall–Kier alpha value is -0.370. The fourth-order valence-electron chi connectivity index (χ4n) is 2.41. The van der Waals surface area contributed by atoms with Gasteiger partial charge < -0.3 is 10.1 Å². The van der Waals surface area contributed by atoms with Crippen molar-refractivity contribution in [1.82, 2.24) is 15.1 Å². The van der Waals surface area contributed by atoms with Gasteiger partial charge in [-0.25, -0.2) is 0 Å². The molecule has 2 fully saturated rings. The van der Waals surface area contributed by atoms with Crippen molar-refractivity contribution >= 4 is 0 Å². The molecule has 0 radical (unpaired) electrons. The van der Waals surface area contributed by atoms with E-state index in [-0.39, 0.29) is 6.10 Å². The number of morpholine rings is 1. The number of hydrogen-bond acceptors (Lipinski definition) is 4. The van der Waals surface area contributed by atoms with Crippen molar-refractivity contribution in [2.24, 2.45) is 0 Å². The molecular formula is C11H20F3N3O. The zero-order chi connectivity index (χ0) is 13.0. The summed E-state index contributed by atoms with van der Waals surface area (Å²) in [5, 5.41) is 3.25. The van der Waals surface area contributed by atoms with Crippen LogP contribution in [0.15, 0.2) is 0 Å². The minimum absolute atomic E-state index is 0.174. The Morgan fingerprint density at radius 1 is 1.11 bits per heavy atom. The Balaban J connectivity index is 1.66. The molecule has 0 spiro atoms. The topological polar surface area (TPSA) is 27.7 Å². The van der Waals surface area contributed by atoms with Gasteiger partial charge in [-0.3, -0.25) is 9.80 Å². The predicted molar refractivity (Wildman–Crippen MR) is 61.5 cm³/mol. The minimum atomic E-state index is -4.08. The molecule has 106 valence electrons. The van der Waals surface area contributed by atoms with Crippen molar-refractivity contribution in [3.63, 3.8) is 0 Å². The summed E-state index contributed by atoms with van der Waals surface area (Å²) < 4.78 is 42.3. The summed E-state index contributed by atoms with van der Waals surface area (Å²) in [5.41, 5.74) is 0. The third-order valence-electron chi connectivity index (χ3n) is 3.33. The smallest absolute Gasteiger partial charge is 0.374 e. The standard InChI is InChI=1S/C11H20F3N3O/c12-11(13,14)9-17-4-2-16(3-5-17)8-10-7-15-1-6-18-10/h10,15H,1-9H2. The van der Waals surface area contributed by atoms with Crippen LogP contribution in [0.4, 0.5) is 13.2 Å². The molecule has 2 rings (SSSR count). The molecule has 0 aromatic rings. The zero-order valence-electron chi connectivity index (χ0n) is 10.4. The molecule has 2 saturated heterocycles. The Bertz CT molecular complexity index is 248. The number of rotatable bonds is 3. The van der Waals surface area contributed by atoms with Crippen LogP contribution < -0.4 is 5.32 Å². The maximum atomic E-state index is 12.2. The largest absolute Gasteiger partial charge is 0.401 e. The first-order valence-electron chi connectivity index (χ1n) is 6.37. The number of piperazine rings is 1. The molecule has 2 aliphatic rings. The van der Waals surface area contributed by atoms with Crippen molar-refractivity contribution in [3.8, 4) is 0 Å². The molecule has 0 bridgehead atoms. The van der Waals surface area contributed by atoms with Crippen molar-refractivity contribution in [2.45, 2.75) is 12.3 Å². The molecule has 0 saturated carbocycles. The van der Waals surface area contributed by atoms with Crippen molar-refractivity contribution < 1.29 is 17.9 Å². The lowest BCUT2D eigenvalue weighted by Gasteiger charge is -2.37. The number of alkyl halides is 3. The van der Waals surface area contributed by atoms with E-state index < -0.39 is 12.7 Å². The fraction of sp³-hybridized carbons (Fsp3) is 1.00. The highest BCUT2D eigenvalue weighted by atomic mass is 19.4. The number of halogens is 3. The molecule has 0 aromatic heterocycles. The summed E-state index contributed by atoms with van der Waals surface area (Å²) in [4.78, 5) is 3.65. The van der Waals surface area contributed by atoms with Crippen LogP contribution in [0.3, 0.4) is 0 Å². The van der Waals surface area contributed by atoms with Crippen LogP contribution in [-0.2, 0) is 4.74 Å². The molecule has 4 nitrogen and oxygen atoms in total. The first kappa shape index (κ1) is 14.0. The van der Waals surface area contributed by atoms with E-state index in [1.165, 1.54) is 4.90 Å². The average Bonchev–Trinajstić information content (AvgIpc) is 2.31. The van der Waals surface area contributed by atoms with Gasteiger partial charge in [0.25, 0.3) is 0 Å². The second-order valence-electron chi connectivity index (χ2n) is 4.89. The second kappa shape index (κ2) is 6.18. The first-order chi connectivity index (χ1) is 8.53. The molecular weight excluding hydrogens is 247 g/mol. The van der Waals surface area contributed by atoms with Crippen LogP contribution in [0.25, 0.3) is 0 Å². The summed E-state index contributed by atoms with van der Waals surface area (Å²) in [6.07, 6.45) is -3.91. The monoisotopic (exact) mass is 267 g/mol. The van der Waals surface area contributed by atoms with Gasteiger partial charge in [0, 0.05) is 45.8 Å². The number of nitrogens with one attached hydrogen (secondary N) is 1. The molecule has 0 aromatic carbocycles. The van der Waals surface area contributed by atoms with E-state index in [1.54, 1.807) is 0 Å². The lowest BCUT2D eigenvalue weighted by atomic mass is 10.2. The summed E-state index contributed by atoms with van der Waals surface area (Å²) in [5.74, 6) is 0. The van der Waals surface area contributed by atoms with Crippen LogP contribution in [0.5, 0.6) is 0 Å². The van der Waals surface area contributed by atoms with Crippen molar-refractivity contribution in [2.75, 3.05) is 59.0 Å². The maximum absolute atomic E-state index is 12.2. The van der Waals surface area contributed by atoms with Gasteiger partial charge in [0.05, 0.1) is 19.3 Å². The van der Waals surface area contributed by atoms with E-state index in [1.807, 2.05) is 0 Å². The predicted octanol–water partition coefficient (Wildman–Crippen LogP) is 0.155. The summed E-state index contributed by atoms with van der Waals surface area (Å²) in [6, 6.07) is 0. The van der Waals surface area contributed by atoms with E-state index in [2.05, 4.69) is 10.2 Å². The zero-order valence-corrected chi connectivity index (χ0v) is 10.4. The highest BCUT2D eigenvalue weighted by Gasteiger charge is 2.32. The average molecular weight is 267 g/mol. The lowest BCUT2D eigenvalue weighted by molar-refractivity contribution is -0.149. The van der Waals surface area contributed by atoms with E-state index in [0.29, 0.717) is 26.2 Å². The van der Waals surface area contributed by atoms with Crippen LogP contribution in [0.1, 0.15) is 0 Å². The van der Waals surface area contributed by atoms with Crippen LogP contribution in [0, 0.1) is 0 Å². The summed E-state index contributed by atoms with van der Waals surface area (Å²) in [7, 11) is 0. The van der Waals surface area contributed by atoms with Crippen molar-refractivity contribution in [1.29, 1.82) is 0 Å². The summed E-state index contributed by atoms with van der Waals surface area (Å²) in [6.45, 7) is 4.82. The van der Waals surface area contributed by atoms with Gasteiger partial charge in [0.15, 0.2) is 0 Å². The number of nitrogens with zero attached hydrogens (tertiary/aromatic N) is 2. The molecule has 1 N–H and O–H groups in total. The molecule has 18 heavy (non-hydrogen) atoms. The van der Waals surface area contributed by atoms with Gasteiger partial charge in [-0.15, -0.1) is 0 Å². The van der Waals surface area contributed by atoms with Gasteiger partial charge >= 0.3 is 6.18 Å². The van der Waals surface area contributed by atoms with Gasteiger partial charge in [0.2, 0.25) is 0 Å². The molecule has 0 aliphatic carbocycles. The Kier molecular flexibility index (Phi) is 4.83. The SMILES string of the molecule is FC(F)(F)CN1CCN(CC2CNCCO2)CC1. The van der Waals surface area contributed by atoms with Crippen LogP contribution in [0.2, 0.25) is 0 Å². The third kappa shape index (κ3) is 4.72. The first-order valence-corrected chi connectivity index (χ1v) is 6.37. The van der Waals surface area contributed by atoms with Crippen LogP contribution >= 0.6 is 0 Å². The normalized spacial score (nSPS) is 28.5. The highest BCUT2D eigenvalue weighted by molar-refractivity contribution is 4.78. The molecule has 1 unspecified atom stereocenters. The Morgan fingerprint density at radius 2 is 1.78 bits per heavy atom. The summed E-state index contributed by atoms with van der Waals surface area (Å²) >= 11 is 0. The quantitative estimate of drug-likeness (QED) is 0.788.